The van der Waals surface area contributed by atoms with Crippen molar-refractivity contribution < 1.29 is 14.6 Å². The van der Waals surface area contributed by atoms with Crippen molar-refractivity contribution in [3.8, 4) is 0 Å². The second kappa shape index (κ2) is 5.30. The molecule has 1 aromatic rings. The maximum atomic E-state index is 10.7. The van der Waals surface area contributed by atoms with Crippen LogP contribution < -0.4 is 4.90 Å². The van der Waals surface area contributed by atoms with Gasteiger partial charge in [0, 0.05) is 20.2 Å². The van der Waals surface area contributed by atoms with Crippen molar-refractivity contribution in [3.63, 3.8) is 0 Å². The Hall–Kier alpha value is -1.69. The van der Waals surface area contributed by atoms with E-state index in [0.29, 0.717) is 5.92 Å². The standard InChI is InChI=1S/C12H17N3O3/c1-8-7-15(4-3-10(8)18-2)11-6-13-9(5-14-11)12(16)17/h5-6,8,10H,3-4,7H2,1-2H3,(H,16,17). The molecule has 0 spiro atoms. The minimum atomic E-state index is -1.06. The molecule has 0 amide bonds. The number of rotatable bonds is 3. The van der Waals surface area contributed by atoms with Gasteiger partial charge >= 0.3 is 5.97 Å². The van der Waals surface area contributed by atoms with Gasteiger partial charge in [0.25, 0.3) is 0 Å². The van der Waals surface area contributed by atoms with Crippen molar-refractivity contribution in [2.75, 3.05) is 25.1 Å². The molecule has 2 rings (SSSR count). The van der Waals surface area contributed by atoms with Crippen LogP contribution in [0, 0.1) is 5.92 Å². The molecular weight excluding hydrogens is 234 g/mol. The van der Waals surface area contributed by atoms with Crippen molar-refractivity contribution in [2.24, 2.45) is 5.92 Å². The lowest BCUT2D eigenvalue weighted by molar-refractivity contribution is 0.0443. The Balaban J connectivity index is 2.06. The van der Waals surface area contributed by atoms with E-state index in [9.17, 15) is 4.79 Å². The van der Waals surface area contributed by atoms with Crippen molar-refractivity contribution in [3.05, 3.63) is 18.1 Å². The van der Waals surface area contributed by atoms with Gasteiger partial charge in [-0.3, -0.25) is 0 Å². The first kappa shape index (κ1) is 12.8. The molecule has 1 fully saturated rings. The molecule has 0 radical (unpaired) electrons. The van der Waals surface area contributed by atoms with Gasteiger partial charge in [0.2, 0.25) is 0 Å². The van der Waals surface area contributed by atoms with Gasteiger partial charge in [0.1, 0.15) is 5.82 Å². The fourth-order valence-electron chi connectivity index (χ4n) is 2.28. The second-order valence-corrected chi connectivity index (χ2v) is 4.55. The number of anilines is 1. The zero-order chi connectivity index (χ0) is 13.1. The van der Waals surface area contributed by atoms with Gasteiger partial charge in [0.15, 0.2) is 5.69 Å². The third-order valence-electron chi connectivity index (χ3n) is 3.31. The van der Waals surface area contributed by atoms with Gasteiger partial charge in [-0.15, -0.1) is 0 Å². The minimum absolute atomic E-state index is 0.0291. The number of hydrogen-bond donors (Lipinski definition) is 1. The van der Waals surface area contributed by atoms with Crippen LogP contribution in [0.15, 0.2) is 12.4 Å². The second-order valence-electron chi connectivity index (χ2n) is 4.55. The molecule has 0 saturated carbocycles. The summed E-state index contributed by atoms with van der Waals surface area (Å²) in [6.45, 7) is 3.84. The quantitative estimate of drug-likeness (QED) is 0.865. The topological polar surface area (TPSA) is 75.5 Å². The van der Waals surface area contributed by atoms with Crippen LogP contribution in [0.5, 0.6) is 0 Å². The van der Waals surface area contributed by atoms with Crippen molar-refractivity contribution in [2.45, 2.75) is 19.4 Å². The van der Waals surface area contributed by atoms with E-state index < -0.39 is 5.97 Å². The van der Waals surface area contributed by atoms with Crippen molar-refractivity contribution >= 4 is 11.8 Å². The van der Waals surface area contributed by atoms with Crippen molar-refractivity contribution in [1.29, 1.82) is 0 Å². The highest BCUT2D eigenvalue weighted by Gasteiger charge is 2.26. The summed E-state index contributed by atoms with van der Waals surface area (Å²) >= 11 is 0. The Morgan fingerprint density at radius 2 is 2.28 bits per heavy atom. The van der Waals surface area contributed by atoms with Crippen LogP contribution in [-0.4, -0.2) is 47.3 Å². The van der Waals surface area contributed by atoms with E-state index in [4.69, 9.17) is 9.84 Å². The van der Waals surface area contributed by atoms with Gasteiger partial charge < -0.3 is 14.7 Å². The highest BCUT2D eigenvalue weighted by molar-refractivity contribution is 5.84. The van der Waals surface area contributed by atoms with Gasteiger partial charge in [-0.25, -0.2) is 14.8 Å². The largest absolute Gasteiger partial charge is 0.476 e. The van der Waals surface area contributed by atoms with Crippen LogP contribution >= 0.6 is 0 Å². The lowest BCUT2D eigenvalue weighted by atomic mass is 9.96. The van der Waals surface area contributed by atoms with Crippen LogP contribution in [-0.2, 0) is 4.74 Å². The third-order valence-corrected chi connectivity index (χ3v) is 3.31. The number of carboxylic acid groups (broad SMARTS) is 1. The average molecular weight is 251 g/mol. The van der Waals surface area contributed by atoms with Gasteiger partial charge in [0.05, 0.1) is 18.5 Å². The molecule has 1 N–H and O–H groups in total. The molecule has 0 aliphatic carbocycles. The number of aromatic nitrogens is 2. The summed E-state index contributed by atoms with van der Waals surface area (Å²) in [4.78, 5) is 20.8. The number of methoxy groups -OCH3 is 1. The van der Waals surface area contributed by atoms with E-state index in [1.807, 2.05) is 0 Å². The number of ether oxygens (including phenoxy) is 1. The number of aromatic carboxylic acids is 1. The Bertz CT molecular complexity index is 421. The minimum Gasteiger partial charge on any atom is -0.476 e. The third kappa shape index (κ3) is 2.59. The first-order valence-electron chi connectivity index (χ1n) is 5.95. The Morgan fingerprint density at radius 3 is 2.78 bits per heavy atom. The van der Waals surface area contributed by atoms with Crippen LogP contribution in [0.2, 0.25) is 0 Å². The van der Waals surface area contributed by atoms with E-state index in [1.54, 1.807) is 7.11 Å². The van der Waals surface area contributed by atoms with E-state index in [-0.39, 0.29) is 11.8 Å². The number of carbonyl (C=O) groups is 1. The smallest absolute Gasteiger partial charge is 0.356 e. The molecular formula is C12H17N3O3. The van der Waals surface area contributed by atoms with E-state index in [2.05, 4.69) is 21.8 Å². The Kier molecular flexibility index (Phi) is 3.76. The number of piperidine rings is 1. The number of nitrogens with zero attached hydrogens (tertiary/aromatic N) is 3. The molecule has 6 nitrogen and oxygen atoms in total. The van der Waals surface area contributed by atoms with Crippen LogP contribution in [0.1, 0.15) is 23.8 Å². The molecule has 18 heavy (non-hydrogen) atoms. The maximum Gasteiger partial charge on any atom is 0.356 e. The molecule has 1 aliphatic heterocycles. The predicted octanol–water partition coefficient (Wildman–Crippen LogP) is 1.04. The van der Waals surface area contributed by atoms with E-state index in [1.165, 1.54) is 12.4 Å². The highest BCUT2D eigenvalue weighted by Crippen LogP contribution is 2.22. The first-order valence-corrected chi connectivity index (χ1v) is 5.95. The number of hydrogen-bond acceptors (Lipinski definition) is 5. The number of carboxylic acids is 1. The molecule has 6 heteroatoms. The first-order chi connectivity index (χ1) is 8.61. The molecule has 2 atom stereocenters. The normalized spacial score (nSPS) is 24.0. The van der Waals surface area contributed by atoms with E-state index >= 15 is 0 Å². The molecule has 1 saturated heterocycles. The summed E-state index contributed by atoms with van der Waals surface area (Å²) in [5, 5.41) is 8.76. The molecule has 0 aromatic carbocycles. The Labute approximate surface area is 106 Å². The molecule has 1 aliphatic rings. The summed E-state index contributed by atoms with van der Waals surface area (Å²) in [6, 6.07) is 0. The summed E-state index contributed by atoms with van der Waals surface area (Å²) in [6.07, 6.45) is 4.04. The fourth-order valence-corrected chi connectivity index (χ4v) is 2.28. The SMILES string of the molecule is COC1CCN(c2cnc(C(=O)O)cn2)CC1C. The summed E-state index contributed by atoms with van der Waals surface area (Å²) in [5.74, 6) is 0.0895. The molecule has 2 heterocycles. The van der Waals surface area contributed by atoms with Gasteiger partial charge in [-0.05, 0) is 12.3 Å². The summed E-state index contributed by atoms with van der Waals surface area (Å²) in [5.41, 5.74) is -0.0291. The zero-order valence-corrected chi connectivity index (χ0v) is 10.5. The molecule has 2 unspecified atom stereocenters. The lowest BCUT2D eigenvalue weighted by Crippen LogP contribution is -2.43. The summed E-state index contributed by atoms with van der Waals surface area (Å²) in [7, 11) is 1.73. The summed E-state index contributed by atoms with van der Waals surface area (Å²) < 4.78 is 5.40. The van der Waals surface area contributed by atoms with Crippen LogP contribution in [0.3, 0.4) is 0 Å². The average Bonchev–Trinajstić information content (AvgIpc) is 2.38. The Morgan fingerprint density at radius 1 is 1.50 bits per heavy atom. The predicted molar refractivity (Wildman–Crippen MR) is 65.8 cm³/mol. The van der Waals surface area contributed by atoms with Gasteiger partial charge in [-0.2, -0.15) is 0 Å². The molecule has 98 valence electrons. The highest BCUT2D eigenvalue weighted by atomic mass is 16.5. The maximum absolute atomic E-state index is 10.7. The monoisotopic (exact) mass is 251 g/mol. The van der Waals surface area contributed by atoms with Crippen molar-refractivity contribution in [1.82, 2.24) is 9.97 Å². The van der Waals surface area contributed by atoms with Crippen LogP contribution in [0.25, 0.3) is 0 Å². The van der Waals surface area contributed by atoms with Crippen LogP contribution in [0.4, 0.5) is 5.82 Å². The van der Waals surface area contributed by atoms with Gasteiger partial charge in [-0.1, -0.05) is 6.92 Å². The fraction of sp³-hybridized carbons (Fsp3) is 0.583. The zero-order valence-electron chi connectivity index (χ0n) is 10.5. The molecule has 1 aromatic heterocycles. The lowest BCUT2D eigenvalue weighted by Gasteiger charge is -2.36. The molecule has 0 bridgehead atoms. The van der Waals surface area contributed by atoms with E-state index in [0.717, 1.165) is 25.3 Å².